The molecule has 0 aromatic heterocycles. The largest absolute Gasteiger partial charge is 0.489 e. The SMILES string of the molecule is C[C@@]12CC[C@H](O)[C@@H]3COC(=C31)C(=O)c1cc3c(cc12)[C@H](O)CC[C@H]3O. The number of rotatable bonds is 0. The van der Waals surface area contributed by atoms with Crippen LogP contribution < -0.4 is 0 Å². The molecule has 0 bridgehead atoms. The topological polar surface area (TPSA) is 87.0 Å². The van der Waals surface area contributed by atoms with Gasteiger partial charge in [0, 0.05) is 16.9 Å². The molecule has 5 heteroatoms. The molecule has 0 unspecified atom stereocenters. The standard InChI is InChI=1S/C20H22O5/c1-20-5-4-16(23)12-8-25-19(17(12)20)18(24)11-6-9-10(7-13(11)20)15(22)3-2-14(9)21/h6-7,12,14-16,21-23H,2-5,8H2,1H3/t12-,14+,15+,16-,20-/m0/s1. The van der Waals surface area contributed by atoms with Crippen LogP contribution in [-0.2, 0) is 10.2 Å². The third kappa shape index (κ3) is 1.86. The van der Waals surface area contributed by atoms with E-state index in [1.807, 2.05) is 6.07 Å². The molecule has 5 nitrogen and oxygen atoms in total. The van der Waals surface area contributed by atoms with Crippen LogP contribution in [0.4, 0.5) is 0 Å². The molecule has 4 aliphatic rings. The van der Waals surface area contributed by atoms with Gasteiger partial charge in [0.2, 0.25) is 5.78 Å². The lowest BCUT2D eigenvalue weighted by atomic mass is 9.58. The summed E-state index contributed by atoms with van der Waals surface area (Å²) in [6.07, 6.45) is 0.696. The van der Waals surface area contributed by atoms with Crippen LogP contribution in [0.25, 0.3) is 0 Å². The number of benzene rings is 1. The van der Waals surface area contributed by atoms with Crippen molar-refractivity contribution in [3.63, 3.8) is 0 Å². The first-order valence-corrected chi connectivity index (χ1v) is 9.06. The summed E-state index contributed by atoms with van der Waals surface area (Å²) in [5, 5.41) is 31.1. The van der Waals surface area contributed by atoms with Crippen molar-refractivity contribution in [1.82, 2.24) is 0 Å². The second-order valence-electron chi connectivity index (χ2n) is 8.06. The van der Waals surface area contributed by atoms with Crippen molar-refractivity contribution in [3.8, 4) is 0 Å². The molecule has 1 fully saturated rings. The predicted octanol–water partition coefficient (Wildman–Crippen LogP) is 2.06. The fraction of sp³-hybridized carbons (Fsp3) is 0.550. The Hall–Kier alpha value is -1.69. The van der Waals surface area contributed by atoms with Gasteiger partial charge in [-0.1, -0.05) is 13.0 Å². The van der Waals surface area contributed by atoms with Crippen molar-refractivity contribution in [2.45, 2.75) is 56.3 Å². The Kier molecular flexibility index (Phi) is 3.07. The molecule has 3 aliphatic carbocycles. The summed E-state index contributed by atoms with van der Waals surface area (Å²) < 4.78 is 5.73. The summed E-state index contributed by atoms with van der Waals surface area (Å²) in [4.78, 5) is 13.0. The van der Waals surface area contributed by atoms with Gasteiger partial charge < -0.3 is 20.1 Å². The van der Waals surface area contributed by atoms with E-state index >= 15 is 0 Å². The Balaban J connectivity index is 1.76. The van der Waals surface area contributed by atoms with Crippen LogP contribution in [0.15, 0.2) is 23.5 Å². The molecule has 25 heavy (non-hydrogen) atoms. The van der Waals surface area contributed by atoms with Crippen molar-refractivity contribution < 1.29 is 24.9 Å². The summed E-state index contributed by atoms with van der Waals surface area (Å²) in [6.45, 7) is 2.46. The maximum absolute atomic E-state index is 13.0. The molecule has 3 N–H and O–H groups in total. The van der Waals surface area contributed by atoms with Crippen molar-refractivity contribution in [2.75, 3.05) is 6.61 Å². The highest BCUT2D eigenvalue weighted by atomic mass is 16.5. The molecule has 1 saturated carbocycles. The third-order valence-corrected chi connectivity index (χ3v) is 6.72. The average Bonchev–Trinajstić information content (AvgIpc) is 3.06. The van der Waals surface area contributed by atoms with E-state index in [-0.39, 0.29) is 17.1 Å². The van der Waals surface area contributed by atoms with Crippen LogP contribution in [0.3, 0.4) is 0 Å². The maximum Gasteiger partial charge on any atom is 0.227 e. The van der Waals surface area contributed by atoms with Gasteiger partial charge in [-0.15, -0.1) is 0 Å². The Morgan fingerprint density at radius 3 is 2.48 bits per heavy atom. The normalized spacial score (nSPS) is 38.8. The Morgan fingerprint density at radius 1 is 1.08 bits per heavy atom. The maximum atomic E-state index is 13.0. The number of hydrogen-bond donors (Lipinski definition) is 3. The van der Waals surface area contributed by atoms with Crippen molar-refractivity contribution in [3.05, 3.63) is 45.7 Å². The monoisotopic (exact) mass is 342 g/mol. The molecule has 1 aromatic carbocycles. The highest BCUT2D eigenvalue weighted by Crippen LogP contribution is 2.55. The molecule has 5 rings (SSSR count). The number of aliphatic hydroxyl groups is 3. The van der Waals surface area contributed by atoms with Crippen molar-refractivity contribution in [1.29, 1.82) is 0 Å². The lowest BCUT2D eigenvalue weighted by Crippen LogP contribution is -2.43. The highest BCUT2D eigenvalue weighted by molar-refractivity contribution is 6.11. The van der Waals surface area contributed by atoms with E-state index in [4.69, 9.17) is 4.74 Å². The molecule has 1 aliphatic heterocycles. The van der Waals surface area contributed by atoms with Crippen LogP contribution in [0.2, 0.25) is 0 Å². The molecule has 1 aromatic rings. The predicted molar refractivity (Wildman–Crippen MR) is 89.0 cm³/mol. The smallest absolute Gasteiger partial charge is 0.227 e. The lowest BCUT2D eigenvalue weighted by molar-refractivity contribution is 0.0629. The van der Waals surface area contributed by atoms with Gasteiger partial charge in [0.25, 0.3) is 0 Å². The van der Waals surface area contributed by atoms with Gasteiger partial charge in [0.1, 0.15) is 0 Å². The number of Topliss-reactive ketones (excluding diaryl/α,β-unsaturated/α-hetero) is 1. The van der Waals surface area contributed by atoms with Gasteiger partial charge in [0.15, 0.2) is 5.76 Å². The second kappa shape index (κ2) is 4.93. The molecule has 0 amide bonds. The van der Waals surface area contributed by atoms with Crippen molar-refractivity contribution in [2.24, 2.45) is 5.92 Å². The number of ether oxygens (including phenoxy) is 1. The highest BCUT2D eigenvalue weighted by Gasteiger charge is 2.53. The molecule has 0 saturated heterocycles. The number of allylic oxidation sites excluding steroid dienone is 1. The van der Waals surface area contributed by atoms with Crippen LogP contribution in [0, 0.1) is 5.92 Å². The zero-order chi connectivity index (χ0) is 17.5. The van der Waals surface area contributed by atoms with E-state index in [0.29, 0.717) is 42.8 Å². The van der Waals surface area contributed by atoms with Gasteiger partial charge >= 0.3 is 0 Å². The van der Waals surface area contributed by atoms with E-state index in [1.54, 1.807) is 6.07 Å². The first kappa shape index (κ1) is 15.6. The zero-order valence-electron chi connectivity index (χ0n) is 14.2. The van der Waals surface area contributed by atoms with Crippen molar-refractivity contribution >= 4 is 5.78 Å². The van der Waals surface area contributed by atoms with Gasteiger partial charge in [-0.2, -0.15) is 0 Å². The lowest BCUT2D eigenvalue weighted by Gasteiger charge is -2.44. The average molecular weight is 342 g/mol. The first-order valence-electron chi connectivity index (χ1n) is 9.06. The fourth-order valence-corrected chi connectivity index (χ4v) is 5.31. The second-order valence-corrected chi connectivity index (χ2v) is 8.06. The van der Waals surface area contributed by atoms with E-state index in [1.165, 1.54) is 0 Å². The van der Waals surface area contributed by atoms with Crippen LogP contribution >= 0.6 is 0 Å². The van der Waals surface area contributed by atoms with Crippen LogP contribution in [0.5, 0.6) is 0 Å². The minimum atomic E-state index is -0.648. The number of hydrogen-bond acceptors (Lipinski definition) is 5. The Labute approximate surface area is 145 Å². The van der Waals surface area contributed by atoms with Gasteiger partial charge in [-0.3, -0.25) is 4.79 Å². The molecular weight excluding hydrogens is 320 g/mol. The molecule has 0 spiro atoms. The van der Waals surface area contributed by atoms with E-state index in [0.717, 1.165) is 23.1 Å². The summed E-state index contributed by atoms with van der Waals surface area (Å²) in [6, 6.07) is 3.68. The quantitative estimate of drug-likeness (QED) is 0.672. The minimum absolute atomic E-state index is 0.127. The van der Waals surface area contributed by atoms with Gasteiger partial charge in [-0.25, -0.2) is 0 Å². The zero-order valence-corrected chi connectivity index (χ0v) is 14.2. The van der Waals surface area contributed by atoms with E-state index in [2.05, 4.69) is 6.92 Å². The summed E-state index contributed by atoms with van der Waals surface area (Å²) >= 11 is 0. The van der Waals surface area contributed by atoms with Crippen LogP contribution in [-0.4, -0.2) is 33.8 Å². The number of aliphatic hydroxyl groups excluding tert-OH is 3. The van der Waals surface area contributed by atoms with E-state index in [9.17, 15) is 20.1 Å². The van der Waals surface area contributed by atoms with Gasteiger partial charge in [-0.05, 0) is 54.0 Å². The number of fused-ring (bicyclic) bond motifs is 3. The third-order valence-electron chi connectivity index (χ3n) is 6.72. The Bertz CT molecular complexity index is 826. The number of carbonyl (C=O) groups excluding carboxylic acids is 1. The first-order chi connectivity index (χ1) is 11.9. The summed E-state index contributed by atoms with van der Waals surface area (Å²) in [5.41, 5.74) is 3.43. The molecular formula is C20H22O5. The summed E-state index contributed by atoms with van der Waals surface area (Å²) in [7, 11) is 0. The summed E-state index contributed by atoms with van der Waals surface area (Å²) in [5.74, 6) is 0.107. The van der Waals surface area contributed by atoms with Gasteiger partial charge in [0.05, 0.1) is 24.9 Å². The Morgan fingerprint density at radius 2 is 1.76 bits per heavy atom. The molecule has 1 heterocycles. The van der Waals surface area contributed by atoms with E-state index < -0.39 is 18.3 Å². The fourth-order valence-electron chi connectivity index (χ4n) is 5.31. The molecule has 5 atom stereocenters. The minimum Gasteiger partial charge on any atom is -0.489 e. The number of carbonyl (C=O) groups is 1. The van der Waals surface area contributed by atoms with Crippen LogP contribution in [0.1, 0.15) is 71.9 Å². The molecule has 132 valence electrons. The number of ketones is 1. The molecule has 0 radical (unpaired) electrons.